The first-order chi connectivity index (χ1) is 7.01. The molecule has 1 amide bonds. The number of aryl methyl sites for hydroxylation is 1. The third-order valence-corrected chi connectivity index (χ3v) is 3.30. The molecule has 1 saturated carbocycles. The van der Waals surface area contributed by atoms with Crippen molar-refractivity contribution in [1.82, 2.24) is 0 Å². The number of nitrogens with two attached hydrogens (primary N) is 1. The van der Waals surface area contributed by atoms with Crippen LogP contribution in [0.5, 0.6) is 0 Å². The molecule has 2 rings (SSSR count). The molecule has 0 aliphatic heterocycles. The number of rotatable bonds is 2. The number of anilines is 1. The molecule has 0 bridgehead atoms. The normalized spacial score (nSPS) is 17.3. The number of hydrogen-bond acceptors (Lipinski definition) is 2. The number of carbonyl (C=O) groups is 1. The number of benzene rings is 1. The van der Waals surface area contributed by atoms with E-state index in [0.29, 0.717) is 0 Å². The predicted octanol–water partition coefficient (Wildman–Crippen LogP) is 2.19. The van der Waals surface area contributed by atoms with Gasteiger partial charge in [0, 0.05) is 4.47 Å². The summed E-state index contributed by atoms with van der Waals surface area (Å²) in [5, 5.41) is 2.84. The van der Waals surface area contributed by atoms with Gasteiger partial charge in [0.05, 0.1) is 11.2 Å². The molecule has 15 heavy (non-hydrogen) atoms. The largest absolute Gasteiger partial charge is 0.323 e. The van der Waals surface area contributed by atoms with Crippen LogP contribution in [-0.4, -0.2) is 11.4 Å². The summed E-state index contributed by atoms with van der Waals surface area (Å²) >= 11 is 3.39. The Balaban J connectivity index is 2.16. The minimum atomic E-state index is -0.622. The third-order valence-electron chi connectivity index (χ3n) is 2.61. The Labute approximate surface area is 97.2 Å². The Bertz CT molecular complexity index is 413. The molecule has 0 atom stereocenters. The van der Waals surface area contributed by atoms with Crippen molar-refractivity contribution in [1.29, 1.82) is 0 Å². The van der Waals surface area contributed by atoms with Crippen LogP contribution in [0.25, 0.3) is 0 Å². The summed E-state index contributed by atoms with van der Waals surface area (Å²) in [5.74, 6) is -0.0891. The van der Waals surface area contributed by atoms with Gasteiger partial charge < -0.3 is 11.1 Å². The maximum absolute atomic E-state index is 11.7. The quantitative estimate of drug-likeness (QED) is 0.864. The highest BCUT2D eigenvalue weighted by atomic mass is 79.9. The highest BCUT2D eigenvalue weighted by Crippen LogP contribution is 2.34. The van der Waals surface area contributed by atoms with Crippen molar-refractivity contribution in [2.24, 2.45) is 5.73 Å². The third kappa shape index (κ3) is 2.21. The van der Waals surface area contributed by atoms with E-state index in [1.165, 1.54) is 0 Å². The van der Waals surface area contributed by atoms with E-state index in [4.69, 9.17) is 5.73 Å². The van der Waals surface area contributed by atoms with Crippen LogP contribution in [0.1, 0.15) is 18.4 Å². The van der Waals surface area contributed by atoms with Gasteiger partial charge >= 0.3 is 0 Å². The topological polar surface area (TPSA) is 55.1 Å². The maximum atomic E-state index is 11.7. The Hall–Kier alpha value is -0.870. The Morgan fingerprint density at radius 1 is 1.53 bits per heavy atom. The molecule has 80 valence electrons. The second-order valence-corrected chi connectivity index (χ2v) is 4.95. The summed E-state index contributed by atoms with van der Waals surface area (Å²) in [6, 6.07) is 5.82. The maximum Gasteiger partial charge on any atom is 0.244 e. The standard InChI is InChI=1S/C11H13BrN2O/c1-7-2-3-8(12)9(6-7)14-10(15)11(13)4-5-11/h2-3,6H,4-5,13H2,1H3,(H,14,15). The molecule has 3 nitrogen and oxygen atoms in total. The lowest BCUT2D eigenvalue weighted by Gasteiger charge is -2.11. The molecule has 1 aliphatic rings. The van der Waals surface area contributed by atoms with Gasteiger partial charge in [0.1, 0.15) is 0 Å². The van der Waals surface area contributed by atoms with Crippen LogP contribution in [0.3, 0.4) is 0 Å². The fourth-order valence-corrected chi connectivity index (χ4v) is 1.69. The fraction of sp³-hybridized carbons (Fsp3) is 0.364. The fourth-order valence-electron chi connectivity index (χ4n) is 1.34. The van der Waals surface area contributed by atoms with E-state index in [1.807, 2.05) is 25.1 Å². The van der Waals surface area contributed by atoms with Crippen LogP contribution in [0, 0.1) is 6.92 Å². The number of carbonyl (C=O) groups excluding carboxylic acids is 1. The zero-order valence-electron chi connectivity index (χ0n) is 8.51. The van der Waals surface area contributed by atoms with Crippen molar-refractivity contribution >= 4 is 27.5 Å². The molecular formula is C11H13BrN2O. The van der Waals surface area contributed by atoms with Crippen molar-refractivity contribution in [3.63, 3.8) is 0 Å². The van der Waals surface area contributed by atoms with Gasteiger partial charge in [0.15, 0.2) is 0 Å². The van der Waals surface area contributed by atoms with Crippen LogP contribution in [-0.2, 0) is 4.79 Å². The average Bonchev–Trinajstić information content (AvgIpc) is 2.91. The van der Waals surface area contributed by atoms with Crippen LogP contribution in [0.2, 0.25) is 0 Å². The van der Waals surface area contributed by atoms with Gasteiger partial charge in [-0.15, -0.1) is 0 Å². The Morgan fingerprint density at radius 3 is 2.80 bits per heavy atom. The molecule has 3 N–H and O–H groups in total. The van der Waals surface area contributed by atoms with Crippen LogP contribution in [0.4, 0.5) is 5.69 Å². The molecular weight excluding hydrogens is 256 g/mol. The van der Waals surface area contributed by atoms with E-state index in [0.717, 1.165) is 28.6 Å². The van der Waals surface area contributed by atoms with Gasteiger partial charge in [0.25, 0.3) is 0 Å². The second-order valence-electron chi connectivity index (χ2n) is 4.09. The summed E-state index contributed by atoms with van der Waals surface area (Å²) in [5.41, 5.74) is 7.07. The summed E-state index contributed by atoms with van der Waals surface area (Å²) in [4.78, 5) is 11.7. The van der Waals surface area contributed by atoms with Crippen molar-refractivity contribution in [3.05, 3.63) is 28.2 Å². The lowest BCUT2D eigenvalue weighted by atomic mass is 10.2. The lowest BCUT2D eigenvalue weighted by Crippen LogP contribution is -2.37. The molecule has 0 radical (unpaired) electrons. The molecule has 0 saturated heterocycles. The van der Waals surface area contributed by atoms with Gasteiger partial charge in [-0.25, -0.2) is 0 Å². The summed E-state index contributed by atoms with van der Waals surface area (Å²) < 4.78 is 0.880. The highest BCUT2D eigenvalue weighted by molar-refractivity contribution is 9.10. The molecule has 4 heteroatoms. The van der Waals surface area contributed by atoms with Crippen molar-refractivity contribution in [2.45, 2.75) is 25.3 Å². The van der Waals surface area contributed by atoms with E-state index in [-0.39, 0.29) is 5.91 Å². The molecule has 0 heterocycles. The Morgan fingerprint density at radius 2 is 2.20 bits per heavy atom. The number of amides is 1. The highest BCUT2D eigenvalue weighted by Gasteiger charge is 2.46. The Kier molecular flexibility index (Phi) is 2.56. The lowest BCUT2D eigenvalue weighted by molar-refractivity contribution is -0.118. The zero-order valence-corrected chi connectivity index (χ0v) is 10.1. The molecule has 1 fully saturated rings. The summed E-state index contributed by atoms with van der Waals surface area (Å²) in [6.45, 7) is 1.98. The molecule has 0 aromatic heterocycles. The van der Waals surface area contributed by atoms with Gasteiger partial charge in [0.2, 0.25) is 5.91 Å². The number of hydrogen-bond donors (Lipinski definition) is 2. The van der Waals surface area contributed by atoms with Gasteiger partial charge in [-0.3, -0.25) is 4.79 Å². The van der Waals surface area contributed by atoms with E-state index >= 15 is 0 Å². The average molecular weight is 269 g/mol. The first kappa shape index (κ1) is 10.6. The molecule has 0 unspecified atom stereocenters. The molecule has 1 aromatic carbocycles. The zero-order chi connectivity index (χ0) is 11.1. The summed E-state index contributed by atoms with van der Waals surface area (Å²) in [7, 11) is 0. The van der Waals surface area contributed by atoms with E-state index in [2.05, 4.69) is 21.2 Å². The number of nitrogens with one attached hydrogen (secondary N) is 1. The molecule has 1 aromatic rings. The van der Waals surface area contributed by atoms with Crippen molar-refractivity contribution in [2.75, 3.05) is 5.32 Å². The van der Waals surface area contributed by atoms with Crippen molar-refractivity contribution < 1.29 is 4.79 Å². The van der Waals surface area contributed by atoms with Crippen molar-refractivity contribution in [3.8, 4) is 0 Å². The number of halogens is 1. The SMILES string of the molecule is Cc1ccc(Br)c(NC(=O)C2(N)CC2)c1. The van der Waals surface area contributed by atoms with E-state index in [9.17, 15) is 4.79 Å². The van der Waals surface area contributed by atoms with Gasteiger partial charge in [-0.05, 0) is 53.4 Å². The molecule has 0 spiro atoms. The van der Waals surface area contributed by atoms with E-state index < -0.39 is 5.54 Å². The van der Waals surface area contributed by atoms with E-state index in [1.54, 1.807) is 0 Å². The minimum Gasteiger partial charge on any atom is -0.323 e. The van der Waals surface area contributed by atoms with Gasteiger partial charge in [-0.1, -0.05) is 6.07 Å². The predicted molar refractivity (Wildman–Crippen MR) is 63.7 cm³/mol. The van der Waals surface area contributed by atoms with Crippen LogP contribution >= 0.6 is 15.9 Å². The van der Waals surface area contributed by atoms with Crippen LogP contribution < -0.4 is 11.1 Å². The monoisotopic (exact) mass is 268 g/mol. The minimum absolute atomic E-state index is 0.0891. The first-order valence-electron chi connectivity index (χ1n) is 4.88. The smallest absolute Gasteiger partial charge is 0.244 e. The first-order valence-corrected chi connectivity index (χ1v) is 5.67. The van der Waals surface area contributed by atoms with Gasteiger partial charge in [-0.2, -0.15) is 0 Å². The summed E-state index contributed by atoms with van der Waals surface area (Å²) in [6.07, 6.45) is 1.56. The van der Waals surface area contributed by atoms with Crippen LogP contribution in [0.15, 0.2) is 22.7 Å². The second kappa shape index (κ2) is 3.61. The molecule has 1 aliphatic carbocycles.